The van der Waals surface area contributed by atoms with Crippen LogP contribution in [0.25, 0.3) is 0 Å². The number of aromatic nitrogens is 2. The number of aryl methyl sites for hydroxylation is 5. The number of hydrogen-bond acceptors (Lipinski definition) is 2. The summed E-state index contributed by atoms with van der Waals surface area (Å²) in [5.41, 5.74) is 6.96. The summed E-state index contributed by atoms with van der Waals surface area (Å²) in [5, 5.41) is 15.0. The van der Waals surface area contributed by atoms with E-state index >= 15 is 0 Å². The van der Waals surface area contributed by atoms with E-state index in [1.807, 2.05) is 13.2 Å². The monoisotopic (exact) mass is 272 g/mol. The van der Waals surface area contributed by atoms with Crippen LogP contribution in [-0.2, 0) is 19.9 Å². The lowest BCUT2D eigenvalue weighted by molar-refractivity contribution is 0.177. The Hall–Kier alpha value is -1.61. The van der Waals surface area contributed by atoms with Gasteiger partial charge in [0.15, 0.2) is 0 Å². The molecule has 0 bridgehead atoms. The van der Waals surface area contributed by atoms with Gasteiger partial charge >= 0.3 is 0 Å². The average Bonchev–Trinajstić information content (AvgIpc) is 2.75. The summed E-state index contributed by atoms with van der Waals surface area (Å²) in [6, 6.07) is 4.36. The zero-order valence-electron chi connectivity index (χ0n) is 13.1. The number of rotatable bonds is 4. The highest BCUT2D eigenvalue weighted by molar-refractivity contribution is 5.38. The van der Waals surface area contributed by atoms with Crippen molar-refractivity contribution in [3.8, 4) is 0 Å². The molecule has 0 aliphatic heterocycles. The Morgan fingerprint density at radius 2 is 1.80 bits per heavy atom. The minimum Gasteiger partial charge on any atom is -0.388 e. The second kappa shape index (κ2) is 5.80. The van der Waals surface area contributed by atoms with E-state index in [1.54, 1.807) is 4.68 Å². The molecule has 20 heavy (non-hydrogen) atoms. The molecule has 2 aromatic rings. The first-order valence-corrected chi connectivity index (χ1v) is 7.19. The average molecular weight is 272 g/mol. The van der Waals surface area contributed by atoms with Crippen LogP contribution in [0.1, 0.15) is 46.5 Å². The predicted octanol–water partition coefficient (Wildman–Crippen LogP) is 3.18. The molecule has 0 radical (unpaired) electrons. The quantitative estimate of drug-likeness (QED) is 0.928. The van der Waals surface area contributed by atoms with Crippen LogP contribution in [0, 0.1) is 20.8 Å². The van der Waals surface area contributed by atoms with Crippen LogP contribution in [-0.4, -0.2) is 14.9 Å². The van der Waals surface area contributed by atoms with Gasteiger partial charge in [0.1, 0.15) is 0 Å². The first-order chi connectivity index (χ1) is 9.42. The maximum atomic E-state index is 10.6. The highest BCUT2D eigenvalue weighted by atomic mass is 16.3. The van der Waals surface area contributed by atoms with Gasteiger partial charge in [0.2, 0.25) is 0 Å². The Morgan fingerprint density at radius 3 is 2.35 bits per heavy atom. The van der Waals surface area contributed by atoms with Crippen molar-refractivity contribution in [3.05, 3.63) is 51.8 Å². The summed E-state index contributed by atoms with van der Waals surface area (Å²) in [7, 11) is 1.90. The Labute approximate surface area is 121 Å². The number of hydrogen-bond donors (Lipinski definition) is 1. The van der Waals surface area contributed by atoms with Crippen LogP contribution < -0.4 is 0 Å². The number of nitrogens with zero attached hydrogens (tertiary/aromatic N) is 2. The van der Waals surface area contributed by atoms with E-state index in [9.17, 15) is 5.11 Å². The predicted molar refractivity (Wildman–Crippen MR) is 81.9 cm³/mol. The molecule has 1 aromatic heterocycles. The lowest BCUT2D eigenvalue weighted by Gasteiger charge is -2.15. The Balaban J connectivity index is 2.30. The van der Waals surface area contributed by atoms with Gasteiger partial charge < -0.3 is 5.11 Å². The van der Waals surface area contributed by atoms with Gasteiger partial charge in [-0.2, -0.15) is 5.10 Å². The van der Waals surface area contributed by atoms with Crippen molar-refractivity contribution in [1.29, 1.82) is 0 Å². The topological polar surface area (TPSA) is 38.0 Å². The van der Waals surface area contributed by atoms with E-state index in [0.29, 0.717) is 6.42 Å². The van der Waals surface area contributed by atoms with Crippen LogP contribution >= 0.6 is 0 Å². The van der Waals surface area contributed by atoms with E-state index < -0.39 is 6.10 Å². The molecule has 1 atom stereocenters. The SMILES string of the molecule is CCc1nn(C)cc1C(O)Cc1c(C)cc(C)cc1C. The molecule has 0 saturated carbocycles. The first kappa shape index (κ1) is 14.8. The maximum Gasteiger partial charge on any atom is 0.0863 e. The zero-order chi connectivity index (χ0) is 14.9. The third kappa shape index (κ3) is 2.93. The summed E-state index contributed by atoms with van der Waals surface area (Å²) >= 11 is 0. The van der Waals surface area contributed by atoms with Crippen LogP contribution in [0.4, 0.5) is 0 Å². The van der Waals surface area contributed by atoms with Gasteiger partial charge in [-0.25, -0.2) is 0 Å². The second-order valence-corrected chi connectivity index (χ2v) is 5.66. The van der Waals surface area contributed by atoms with Gasteiger partial charge in [-0.15, -0.1) is 0 Å². The number of benzene rings is 1. The van der Waals surface area contributed by atoms with Gasteiger partial charge in [-0.3, -0.25) is 4.68 Å². The van der Waals surface area contributed by atoms with E-state index in [-0.39, 0.29) is 0 Å². The molecule has 108 valence electrons. The van der Waals surface area contributed by atoms with Crippen molar-refractivity contribution in [2.45, 2.75) is 46.6 Å². The van der Waals surface area contributed by atoms with Gasteiger partial charge in [0, 0.05) is 25.2 Å². The third-order valence-electron chi connectivity index (χ3n) is 3.87. The molecular weight excluding hydrogens is 248 g/mol. The van der Waals surface area contributed by atoms with Gasteiger partial charge in [0.05, 0.1) is 11.8 Å². The lowest BCUT2D eigenvalue weighted by Crippen LogP contribution is -2.06. The van der Waals surface area contributed by atoms with Crippen molar-refractivity contribution >= 4 is 0 Å². The van der Waals surface area contributed by atoms with Crippen molar-refractivity contribution in [2.24, 2.45) is 7.05 Å². The van der Waals surface area contributed by atoms with Crippen LogP contribution in [0.5, 0.6) is 0 Å². The molecule has 1 heterocycles. The van der Waals surface area contributed by atoms with Crippen LogP contribution in [0.3, 0.4) is 0 Å². The van der Waals surface area contributed by atoms with Crippen molar-refractivity contribution in [3.63, 3.8) is 0 Å². The molecule has 2 rings (SSSR count). The molecule has 1 aromatic carbocycles. The Morgan fingerprint density at radius 1 is 1.20 bits per heavy atom. The molecule has 0 saturated heterocycles. The molecule has 1 unspecified atom stereocenters. The molecule has 0 aliphatic rings. The van der Waals surface area contributed by atoms with E-state index in [1.165, 1.54) is 22.3 Å². The number of aliphatic hydroxyl groups is 1. The summed E-state index contributed by atoms with van der Waals surface area (Å²) < 4.78 is 1.78. The third-order valence-corrected chi connectivity index (χ3v) is 3.87. The van der Waals surface area contributed by atoms with E-state index in [2.05, 4.69) is 44.9 Å². The van der Waals surface area contributed by atoms with Crippen molar-refractivity contribution in [2.75, 3.05) is 0 Å². The smallest absolute Gasteiger partial charge is 0.0863 e. The molecule has 0 fully saturated rings. The molecule has 0 amide bonds. The van der Waals surface area contributed by atoms with E-state index in [0.717, 1.165) is 17.7 Å². The Kier molecular flexibility index (Phi) is 4.29. The van der Waals surface area contributed by atoms with Crippen LogP contribution in [0.2, 0.25) is 0 Å². The van der Waals surface area contributed by atoms with Crippen molar-refractivity contribution in [1.82, 2.24) is 9.78 Å². The van der Waals surface area contributed by atoms with Gasteiger partial charge in [0.25, 0.3) is 0 Å². The highest BCUT2D eigenvalue weighted by Gasteiger charge is 2.17. The standard InChI is InChI=1S/C17H24N2O/c1-6-16-15(10-19(5)18-16)17(20)9-14-12(3)7-11(2)8-13(14)4/h7-8,10,17,20H,6,9H2,1-5H3. The number of aliphatic hydroxyl groups excluding tert-OH is 1. The normalized spacial score (nSPS) is 12.7. The summed E-state index contributed by atoms with van der Waals surface area (Å²) in [4.78, 5) is 0. The summed E-state index contributed by atoms with van der Waals surface area (Å²) in [6.45, 7) is 8.41. The van der Waals surface area contributed by atoms with Crippen molar-refractivity contribution < 1.29 is 5.11 Å². The first-order valence-electron chi connectivity index (χ1n) is 7.19. The molecule has 0 aliphatic carbocycles. The zero-order valence-corrected chi connectivity index (χ0v) is 13.1. The second-order valence-electron chi connectivity index (χ2n) is 5.66. The fraction of sp³-hybridized carbons (Fsp3) is 0.471. The van der Waals surface area contributed by atoms with Gasteiger partial charge in [-0.1, -0.05) is 24.6 Å². The highest BCUT2D eigenvalue weighted by Crippen LogP contribution is 2.25. The maximum absolute atomic E-state index is 10.6. The van der Waals surface area contributed by atoms with Gasteiger partial charge in [-0.05, 0) is 43.9 Å². The molecule has 3 nitrogen and oxygen atoms in total. The molecule has 3 heteroatoms. The minimum absolute atomic E-state index is 0.487. The fourth-order valence-electron chi connectivity index (χ4n) is 2.94. The molecule has 0 spiro atoms. The minimum atomic E-state index is -0.487. The Bertz CT molecular complexity index is 590. The summed E-state index contributed by atoms with van der Waals surface area (Å²) in [5.74, 6) is 0. The fourth-order valence-corrected chi connectivity index (χ4v) is 2.94. The van der Waals surface area contributed by atoms with E-state index in [4.69, 9.17) is 0 Å². The largest absolute Gasteiger partial charge is 0.388 e. The lowest BCUT2D eigenvalue weighted by atomic mass is 9.93. The van der Waals surface area contributed by atoms with Crippen LogP contribution in [0.15, 0.2) is 18.3 Å². The molecular formula is C17H24N2O. The summed E-state index contributed by atoms with van der Waals surface area (Å²) in [6.07, 6.45) is 2.94. The molecule has 1 N–H and O–H groups in total.